The molecule has 0 radical (unpaired) electrons. The van der Waals surface area contributed by atoms with Gasteiger partial charge in [-0.25, -0.2) is 15.0 Å². The molecule has 9 heteroatoms. The second-order valence-electron chi connectivity index (χ2n) is 5.69. The van der Waals surface area contributed by atoms with E-state index in [-0.39, 0.29) is 11.9 Å². The third-order valence-corrected chi connectivity index (χ3v) is 3.73. The van der Waals surface area contributed by atoms with E-state index in [1.165, 1.54) is 12.7 Å². The van der Waals surface area contributed by atoms with E-state index in [2.05, 4.69) is 20.3 Å². The number of aromatic nitrogens is 4. The molecule has 0 aromatic carbocycles. The maximum atomic E-state index is 10.3. The summed E-state index contributed by atoms with van der Waals surface area (Å²) in [6, 6.07) is 0.258. The molecule has 1 aliphatic rings. The molecular weight excluding hydrogens is 288 g/mol. The Hall–Kier alpha value is -1.81. The molecule has 120 valence electrons. The van der Waals surface area contributed by atoms with Crippen LogP contribution in [-0.4, -0.2) is 60.6 Å². The van der Waals surface area contributed by atoms with Gasteiger partial charge in [0.1, 0.15) is 30.2 Å². The van der Waals surface area contributed by atoms with Crippen LogP contribution >= 0.6 is 0 Å². The van der Waals surface area contributed by atoms with Gasteiger partial charge in [-0.1, -0.05) is 13.8 Å². The van der Waals surface area contributed by atoms with Crippen LogP contribution < -0.4 is 11.1 Å². The number of rotatable bonds is 4. The Kier molecular flexibility index (Phi) is 3.96. The summed E-state index contributed by atoms with van der Waals surface area (Å²) in [6.45, 7) is 4.44. The number of hydrogen-bond acceptors (Lipinski definition) is 8. The smallest absolute Gasteiger partial charge is 0.167 e. The normalized spacial score (nSPS) is 28.8. The number of nitrogens with one attached hydrogen (secondary N) is 1. The van der Waals surface area contributed by atoms with Crippen LogP contribution in [0.2, 0.25) is 0 Å². The SMILES string of the molecule is CC(C)NC[C@H]1O[C@@H](n2cnc3c(N)ncnc32)[C@H](O)[C@@H]1O. The highest BCUT2D eigenvalue weighted by Gasteiger charge is 2.44. The fraction of sp³-hybridized carbons (Fsp3) is 0.615. The largest absolute Gasteiger partial charge is 0.387 e. The number of nitrogens with zero attached hydrogens (tertiary/aromatic N) is 4. The van der Waals surface area contributed by atoms with E-state index in [4.69, 9.17) is 10.5 Å². The van der Waals surface area contributed by atoms with Crippen LogP contribution in [0.4, 0.5) is 5.82 Å². The number of fused-ring (bicyclic) bond motifs is 1. The van der Waals surface area contributed by atoms with Gasteiger partial charge in [0, 0.05) is 12.6 Å². The average Bonchev–Trinajstić information content (AvgIpc) is 3.01. The number of aliphatic hydroxyl groups excluding tert-OH is 2. The van der Waals surface area contributed by atoms with E-state index >= 15 is 0 Å². The minimum absolute atomic E-state index is 0.258. The summed E-state index contributed by atoms with van der Waals surface area (Å²) < 4.78 is 7.35. The predicted molar refractivity (Wildman–Crippen MR) is 78.8 cm³/mol. The molecule has 0 saturated carbocycles. The molecule has 0 bridgehead atoms. The van der Waals surface area contributed by atoms with Crippen molar-refractivity contribution in [2.24, 2.45) is 0 Å². The molecule has 22 heavy (non-hydrogen) atoms. The molecule has 0 unspecified atom stereocenters. The van der Waals surface area contributed by atoms with Gasteiger partial charge >= 0.3 is 0 Å². The van der Waals surface area contributed by atoms with Crippen molar-refractivity contribution in [3.05, 3.63) is 12.7 Å². The topological polar surface area (TPSA) is 131 Å². The first-order valence-corrected chi connectivity index (χ1v) is 7.17. The van der Waals surface area contributed by atoms with Gasteiger partial charge < -0.3 is 26.0 Å². The van der Waals surface area contributed by atoms with Crippen molar-refractivity contribution in [1.29, 1.82) is 0 Å². The summed E-state index contributed by atoms with van der Waals surface area (Å²) in [6.07, 6.45) is -0.548. The third-order valence-electron chi connectivity index (χ3n) is 3.73. The van der Waals surface area contributed by atoms with Crippen LogP contribution in [0, 0.1) is 0 Å². The van der Waals surface area contributed by atoms with Gasteiger partial charge in [0.2, 0.25) is 0 Å². The molecule has 1 aliphatic heterocycles. The minimum Gasteiger partial charge on any atom is -0.387 e. The minimum atomic E-state index is -1.08. The lowest BCUT2D eigenvalue weighted by atomic mass is 10.1. The fourth-order valence-corrected chi connectivity index (χ4v) is 2.54. The fourth-order valence-electron chi connectivity index (χ4n) is 2.54. The summed E-state index contributed by atoms with van der Waals surface area (Å²) >= 11 is 0. The summed E-state index contributed by atoms with van der Waals surface area (Å²) in [5.74, 6) is 0.259. The lowest BCUT2D eigenvalue weighted by Crippen LogP contribution is -2.39. The third kappa shape index (κ3) is 2.52. The van der Waals surface area contributed by atoms with Gasteiger partial charge in [-0.15, -0.1) is 0 Å². The molecule has 2 aromatic heterocycles. The quantitative estimate of drug-likeness (QED) is 0.567. The van der Waals surface area contributed by atoms with E-state index < -0.39 is 24.5 Å². The van der Waals surface area contributed by atoms with Crippen molar-refractivity contribution >= 4 is 17.0 Å². The van der Waals surface area contributed by atoms with Gasteiger partial charge in [-0.05, 0) is 0 Å². The van der Waals surface area contributed by atoms with Gasteiger partial charge in [-0.2, -0.15) is 0 Å². The molecule has 0 aliphatic carbocycles. The lowest BCUT2D eigenvalue weighted by molar-refractivity contribution is -0.0345. The highest BCUT2D eigenvalue weighted by atomic mass is 16.6. The van der Waals surface area contributed by atoms with Crippen LogP contribution in [0.15, 0.2) is 12.7 Å². The van der Waals surface area contributed by atoms with Crippen LogP contribution in [0.5, 0.6) is 0 Å². The van der Waals surface area contributed by atoms with Crippen molar-refractivity contribution in [3.8, 4) is 0 Å². The van der Waals surface area contributed by atoms with E-state index in [1.807, 2.05) is 13.8 Å². The molecule has 2 aromatic rings. The van der Waals surface area contributed by atoms with Crippen LogP contribution in [0.25, 0.3) is 11.2 Å². The summed E-state index contributed by atoms with van der Waals surface area (Å²) in [4.78, 5) is 12.1. The monoisotopic (exact) mass is 308 g/mol. The maximum absolute atomic E-state index is 10.3. The summed E-state index contributed by atoms with van der Waals surface area (Å²) in [7, 11) is 0. The number of ether oxygens (including phenoxy) is 1. The average molecular weight is 308 g/mol. The number of anilines is 1. The molecule has 3 rings (SSSR count). The maximum Gasteiger partial charge on any atom is 0.167 e. The Balaban J connectivity index is 1.86. The number of imidazole rings is 1. The van der Waals surface area contributed by atoms with Gasteiger partial charge in [0.25, 0.3) is 0 Å². The van der Waals surface area contributed by atoms with Gasteiger partial charge in [0.05, 0.1) is 6.33 Å². The number of nitrogens with two attached hydrogens (primary N) is 1. The zero-order valence-electron chi connectivity index (χ0n) is 12.4. The number of hydrogen-bond donors (Lipinski definition) is 4. The predicted octanol–water partition coefficient (Wildman–Crippen LogP) is -0.974. The van der Waals surface area contributed by atoms with E-state index in [0.717, 1.165) is 0 Å². The molecule has 4 atom stereocenters. The van der Waals surface area contributed by atoms with Crippen molar-refractivity contribution < 1.29 is 14.9 Å². The Morgan fingerprint density at radius 1 is 1.32 bits per heavy atom. The molecule has 3 heterocycles. The molecule has 9 nitrogen and oxygen atoms in total. The first kappa shape index (κ1) is 15.1. The molecule has 0 spiro atoms. The van der Waals surface area contributed by atoms with Crippen LogP contribution in [-0.2, 0) is 4.74 Å². The highest BCUT2D eigenvalue weighted by molar-refractivity contribution is 5.81. The zero-order chi connectivity index (χ0) is 15.9. The molecule has 5 N–H and O–H groups in total. The second kappa shape index (κ2) is 5.76. The van der Waals surface area contributed by atoms with Crippen LogP contribution in [0.3, 0.4) is 0 Å². The number of nitrogen functional groups attached to an aromatic ring is 1. The van der Waals surface area contributed by atoms with Crippen molar-refractivity contribution in [2.75, 3.05) is 12.3 Å². The summed E-state index contributed by atoms with van der Waals surface area (Å²) in [5.41, 5.74) is 6.65. The Morgan fingerprint density at radius 3 is 2.82 bits per heavy atom. The van der Waals surface area contributed by atoms with Crippen molar-refractivity contribution in [3.63, 3.8) is 0 Å². The summed E-state index contributed by atoms with van der Waals surface area (Å²) in [5, 5.41) is 23.6. The van der Waals surface area contributed by atoms with Gasteiger partial charge in [-0.3, -0.25) is 4.57 Å². The van der Waals surface area contributed by atoms with Crippen molar-refractivity contribution in [1.82, 2.24) is 24.8 Å². The zero-order valence-corrected chi connectivity index (χ0v) is 12.4. The number of aliphatic hydroxyl groups is 2. The Morgan fingerprint density at radius 2 is 2.09 bits per heavy atom. The Bertz CT molecular complexity index is 660. The Labute approximate surface area is 127 Å². The molecular formula is C13H20N6O3. The standard InChI is InChI=1S/C13H20N6O3/c1-6(2)15-3-7-9(20)10(21)13(22-7)19-5-18-8-11(14)16-4-17-12(8)19/h4-7,9-10,13,15,20-21H,3H2,1-2H3,(H2,14,16,17)/t7-,9-,10-,13-/m1/s1. The molecule has 1 saturated heterocycles. The second-order valence-corrected chi connectivity index (χ2v) is 5.69. The van der Waals surface area contributed by atoms with E-state index in [9.17, 15) is 10.2 Å². The van der Waals surface area contributed by atoms with E-state index in [1.54, 1.807) is 4.57 Å². The molecule has 1 fully saturated rings. The highest BCUT2D eigenvalue weighted by Crippen LogP contribution is 2.31. The van der Waals surface area contributed by atoms with Crippen molar-refractivity contribution in [2.45, 2.75) is 44.4 Å². The molecule has 0 amide bonds. The first-order chi connectivity index (χ1) is 10.5. The van der Waals surface area contributed by atoms with Gasteiger partial charge in [0.15, 0.2) is 17.7 Å². The van der Waals surface area contributed by atoms with E-state index in [0.29, 0.717) is 17.7 Å². The van der Waals surface area contributed by atoms with Crippen LogP contribution in [0.1, 0.15) is 20.1 Å². The first-order valence-electron chi connectivity index (χ1n) is 7.17. The lowest BCUT2D eigenvalue weighted by Gasteiger charge is -2.17.